The third-order valence-electron chi connectivity index (χ3n) is 3.90. The van der Waals surface area contributed by atoms with Gasteiger partial charge in [0.05, 0.1) is 5.56 Å². The first-order valence-corrected chi connectivity index (χ1v) is 7.34. The zero-order valence-electron chi connectivity index (χ0n) is 12.2. The van der Waals surface area contributed by atoms with E-state index in [0.29, 0.717) is 17.0 Å². The van der Waals surface area contributed by atoms with Crippen LogP contribution in [0.3, 0.4) is 0 Å². The Morgan fingerprint density at radius 1 is 1.52 bits per heavy atom. The molecule has 1 amide bonds. The van der Waals surface area contributed by atoms with Crippen LogP contribution in [0.5, 0.6) is 0 Å². The molecule has 1 aliphatic rings. The summed E-state index contributed by atoms with van der Waals surface area (Å²) < 4.78 is 13.3. The zero-order chi connectivity index (χ0) is 15.2. The number of amides is 1. The third-order valence-corrected chi connectivity index (χ3v) is 3.90. The highest BCUT2D eigenvalue weighted by Gasteiger charge is 2.24. The summed E-state index contributed by atoms with van der Waals surface area (Å²) in [6, 6.07) is 4.00. The topological polar surface area (TPSA) is 40.5 Å². The smallest absolute Gasteiger partial charge is 0.255 e. The van der Waals surface area contributed by atoms with Gasteiger partial charge in [-0.15, -0.1) is 0 Å². The van der Waals surface area contributed by atoms with Crippen LogP contribution in [-0.2, 0) is 0 Å². The molecule has 0 saturated carbocycles. The molecule has 1 aromatic carbocycles. The Morgan fingerprint density at radius 2 is 2.33 bits per heavy atom. The monoisotopic (exact) mass is 289 g/mol. The fourth-order valence-corrected chi connectivity index (χ4v) is 2.69. The highest BCUT2D eigenvalue weighted by molar-refractivity contribution is 5.96. The summed E-state index contributed by atoms with van der Waals surface area (Å²) in [6.07, 6.45) is 3.22. The molecular weight excluding hydrogens is 269 g/mol. The molecular formula is C17H20FNO2. The number of rotatable bonds is 2. The first-order valence-electron chi connectivity index (χ1n) is 7.34. The average molecular weight is 289 g/mol. The second-order valence-electron chi connectivity index (χ2n) is 5.32. The van der Waals surface area contributed by atoms with Crippen LogP contribution in [0.1, 0.15) is 42.1 Å². The average Bonchev–Trinajstić information content (AvgIpc) is 2.52. The molecule has 0 spiro atoms. The molecule has 0 aliphatic carbocycles. The number of nitrogens with zero attached hydrogens (tertiary/aromatic N) is 1. The molecule has 1 fully saturated rings. The summed E-state index contributed by atoms with van der Waals surface area (Å²) in [5.41, 5.74) is 0.752. The molecule has 0 aromatic heterocycles. The Labute approximate surface area is 124 Å². The maximum Gasteiger partial charge on any atom is 0.255 e. The number of hydrogen-bond acceptors (Lipinski definition) is 2. The van der Waals surface area contributed by atoms with E-state index in [4.69, 9.17) is 5.11 Å². The van der Waals surface area contributed by atoms with Crippen molar-refractivity contribution in [2.24, 2.45) is 5.92 Å². The first kappa shape index (κ1) is 15.5. The van der Waals surface area contributed by atoms with Gasteiger partial charge >= 0.3 is 0 Å². The summed E-state index contributed by atoms with van der Waals surface area (Å²) >= 11 is 0. The first-order chi connectivity index (χ1) is 10.2. The van der Waals surface area contributed by atoms with Gasteiger partial charge < -0.3 is 10.0 Å². The van der Waals surface area contributed by atoms with Crippen LogP contribution in [0.2, 0.25) is 0 Å². The van der Waals surface area contributed by atoms with Crippen molar-refractivity contribution in [1.29, 1.82) is 0 Å². The number of halogens is 1. The van der Waals surface area contributed by atoms with Gasteiger partial charge in [-0.05, 0) is 37.0 Å². The minimum atomic E-state index is -0.432. The second-order valence-corrected chi connectivity index (χ2v) is 5.32. The van der Waals surface area contributed by atoms with Crippen LogP contribution in [0, 0.1) is 23.6 Å². The van der Waals surface area contributed by atoms with Crippen molar-refractivity contribution >= 4 is 5.91 Å². The van der Waals surface area contributed by atoms with Crippen molar-refractivity contribution in [1.82, 2.24) is 4.90 Å². The van der Waals surface area contributed by atoms with Gasteiger partial charge in [-0.2, -0.15) is 0 Å². The fourth-order valence-electron chi connectivity index (χ4n) is 2.69. The standard InChI is InChI=1S/C17H20FNO2/c1-2-13-5-3-9-19(12-13)17(21)16-8-7-15(18)11-14(16)6-4-10-20/h7-8,11,13,20H,2-3,5,9-10,12H2,1H3. The molecule has 0 radical (unpaired) electrons. The van der Waals surface area contributed by atoms with E-state index >= 15 is 0 Å². The minimum absolute atomic E-state index is 0.101. The van der Waals surface area contributed by atoms with Gasteiger partial charge in [0.15, 0.2) is 0 Å². The Balaban J connectivity index is 2.26. The number of benzene rings is 1. The SMILES string of the molecule is CCC1CCCN(C(=O)c2ccc(F)cc2C#CCO)C1. The summed E-state index contributed by atoms with van der Waals surface area (Å²) in [4.78, 5) is 14.5. The van der Waals surface area contributed by atoms with Crippen LogP contribution in [0.4, 0.5) is 4.39 Å². The molecule has 21 heavy (non-hydrogen) atoms. The van der Waals surface area contributed by atoms with Crippen molar-refractivity contribution in [3.63, 3.8) is 0 Å². The number of aliphatic hydroxyl groups excluding tert-OH is 1. The van der Waals surface area contributed by atoms with E-state index in [1.165, 1.54) is 18.2 Å². The largest absolute Gasteiger partial charge is 0.384 e. The van der Waals surface area contributed by atoms with Crippen molar-refractivity contribution < 1.29 is 14.3 Å². The van der Waals surface area contributed by atoms with E-state index in [2.05, 4.69) is 18.8 Å². The molecule has 112 valence electrons. The van der Waals surface area contributed by atoms with Crippen molar-refractivity contribution in [3.8, 4) is 11.8 Å². The van der Waals surface area contributed by atoms with Gasteiger partial charge in [-0.1, -0.05) is 25.2 Å². The molecule has 1 aromatic rings. The van der Waals surface area contributed by atoms with Crippen molar-refractivity contribution in [2.45, 2.75) is 26.2 Å². The van der Waals surface area contributed by atoms with Crippen LogP contribution in [-0.4, -0.2) is 35.6 Å². The van der Waals surface area contributed by atoms with Crippen LogP contribution < -0.4 is 0 Å². The summed E-state index contributed by atoms with van der Waals surface area (Å²) in [7, 11) is 0. The van der Waals surface area contributed by atoms with Gasteiger partial charge in [0, 0.05) is 18.7 Å². The molecule has 1 heterocycles. The summed E-state index contributed by atoms with van der Waals surface area (Å²) in [5.74, 6) is 5.14. The van der Waals surface area contributed by atoms with E-state index in [1.807, 2.05) is 4.90 Å². The molecule has 4 heteroatoms. The van der Waals surface area contributed by atoms with E-state index in [9.17, 15) is 9.18 Å². The van der Waals surface area contributed by atoms with E-state index in [0.717, 1.165) is 32.4 Å². The lowest BCUT2D eigenvalue weighted by atomic mass is 9.94. The lowest BCUT2D eigenvalue weighted by molar-refractivity contribution is 0.0671. The van der Waals surface area contributed by atoms with E-state index < -0.39 is 5.82 Å². The lowest BCUT2D eigenvalue weighted by Gasteiger charge is -2.32. The molecule has 0 bridgehead atoms. The normalized spacial score (nSPS) is 18.0. The Bertz CT molecular complexity index is 574. The lowest BCUT2D eigenvalue weighted by Crippen LogP contribution is -2.40. The van der Waals surface area contributed by atoms with E-state index in [-0.39, 0.29) is 12.5 Å². The van der Waals surface area contributed by atoms with Gasteiger partial charge in [0.2, 0.25) is 0 Å². The molecule has 1 atom stereocenters. The van der Waals surface area contributed by atoms with Gasteiger partial charge in [-0.25, -0.2) is 4.39 Å². The molecule has 3 nitrogen and oxygen atoms in total. The van der Waals surface area contributed by atoms with Gasteiger partial charge in [-0.3, -0.25) is 4.79 Å². The van der Waals surface area contributed by atoms with Crippen LogP contribution in [0.25, 0.3) is 0 Å². The molecule has 1 N–H and O–H groups in total. The maximum atomic E-state index is 13.3. The van der Waals surface area contributed by atoms with Gasteiger partial charge in [0.1, 0.15) is 12.4 Å². The number of piperidine rings is 1. The number of carbonyl (C=O) groups is 1. The fraction of sp³-hybridized carbons (Fsp3) is 0.471. The quantitative estimate of drug-likeness (QED) is 0.850. The summed E-state index contributed by atoms with van der Waals surface area (Å²) in [5, 5.41) is 8.78. The highest BCUT2D eigenvalue weighted by atomic mass is 19.1. The summed E-state index contributed by atoms with van der Waals surface area (Å²) in [6.45, 7) is 3.31. The maximum absolute atomic E-state index is 13.3. The Kier molecular flexibility index (Phi) is 5.35. The number of carbonyl (C=O) groups excluding carboxylic acids is 1. The molecule has 1 aliphatic heterocycles. The number of aliphatic hydroxyl groups is 1. The predicted molar refractivity (Wildman–Crippen MR) is 79.3 cm³/mol. The minimum Gasteiger partial charge on any atom is -0.384 e. The molecule has 2 rings (SSSR count). The van der Waals surface area contributed by atoms with Gasteiger partial charge in [0.25, 0.3) is 5.91 Å². The van der Waals surface area contributed by atoms with Crippen molar-refractivity contribution in [3.05, 3.63) is 35.1 Å². The number of hydrogen-bond donors (Lipinski definition) is 1. The van der Waals surface area contributed by atoms with E-state index in [1.54, 1.807) is 0 Å². The number of likely N-dealkylation sites (tertiary alicyclic amines) is 1. The van der Waals surface area contributed by atoms with Crippen molar-refractivity contribution in [2.75, 3.05) is 19.7 Å². The Morgan fingerprint density at radius 3 is 3.05 bits per heavy atom. The predicted octanol–water partition coefficient (Wildman–Crippen LogP) is 2.43. The second kappa shape index (κ2) is 7.24. The third kappa shape index (κ3) is 3.83. The Hall–Kier alpha value is -1.86. The molecule has 1 unspecified atom stereocenters. The van der Waals surface area contributed by atoms with Crippen LogP contribution >= 0.6 is 0 Å². The zero-order valence-corrected chi connectivity index (χ0v) is 12.2. The van der Waals surface area contributed by atoms with Crippen LogP contribution in [0.15, 0.2) is 18.2 Å². The molecule has 1 saturated heterocycles. The highest BCUT2D eigenvalue weighted by Crippen LogP contribution is 2.22.